The first-order valence-electron chi connectivity index (χ1n) is 42.8. The number of halogens is 14. The van der Waals surface area contributed by atoms with Crippen LogP contribution in [-0.2, 0) is 4.74 Å². The lowest BCUT2D eigenvalue weighted by Gasteiger charge is -2.39. The molecule has 0 atom stereocenters. The van der Waals surface area contributed by atoms with Gasteiger partial charge in [0.15, 0.2) is 46.6 Å². The fourth-order valence-electron chi connectivity index (χ4n) is 15.5. The number of aromatic nitrogens is 14. The average Bonchev–Trinajstić information content (AvgIpc) is 0.695. The third kappa shape index (κ3) is 19.8. The molecule has 0 amide bonds. The van der Waals surface area contributed by atoms with Crippen LogP contribution in [0.2, 0.25) is 0 Å². The smallest absolute Gasteiger partial charge is 0.180 e. The van der Waals surface area contributed by atoms with Crippen molar-refractivity contribution in [3.63, 3.8) is 0 Å². The largest absolute Gasteiger partial charge is 0.494 e. The summed E-state index contributed by atoms with van der Waals surface area (Å²) in [6.07, 6.45) is 6.55. The summed E-state index contributed by atoms with van der Waals surface area (Å²) in [5, 5.41) is 13.1. The number of methoxy groups -OCH3 is 2. The van der Waals surface area contributed by atoms with Crippen LogP contribution >= 0.6 is 0 Å². The zero-order valence-corrected chi connectivity index (χ0v) is 74.4. The number of fused-ring (bicyclic) bond motifs is 5. The predicted molar refractivity (Wildman–Crippen MR) is 510 cm³/mol. The Bertz CT molecular complexity index is 8040. The van der Waals surface area contributed by atoms with Gasteiger partial charge in [-0.25, -0.2) is 111 Å². The summed E-state index contributed by atoms with van der Waals surface area (Å²) < 4.78 is 209. The van der Waals surface area contributed by atoms with Gasteiger partial charge in [0, 0.05) is 147 Å². The number of hydrogen-bond donors (Lipinski definition) is 4. The zero-order chi connectivity index (χ0) is 98.1. The molecule has 698 valence electrons. The summed E-state index contributed by atoms with van der Waals surface area (Å²) in [4.78, 5) is 63.4. The summed E-state index contributed by atoms with van der Waals surface area (Å²) in [6.45, 7) is 1.36. The van der Waals surface area contributed by atoms with E-state index in [9.17, 15) is 43.9 Å². The number of nitrogens with one attached hydrogen (secondary N) is 4. The quantitative estimate of drug-likeness (QED) is 0.0618. The number of nitrogens with zero attached hydrogens (tertiary/aromatic N) is 15. The number of pyridine rings is 4. The second-order valence-electron chi connectivity index (χ2n) is 31.0. The van der Waals surface area contributed by atoms with Crippen LogP contribution in [-0.4, -0.2) is 131 Å². The van der Waals surface area contributed by atoms with Crippen molar-refractivity contribution in [1.82, 2.24) is 69.8 Å². The molecule has 1 aliphatic rings. The monoisotopic (exact) mass is 1900 g/mol. The molecule has 4 N–H and O–H groups in total. The molecule has 0 radical (unpaired) electrons. The van der Waals surface area contributed by atoms with E-state index in [1.54, 1.807) is 163 Å². The number of anilines is 5. The molecule has 1 aliphatic heterocycles. The first-order valence-corrected chi connectivity index (χ1v) is 42.8. The molecule has 0 bridgehead atoms. The average molecular weight is 1900 g/mol. The molecule has 21 rings (SSSR count). The molecule has 140 heavy (non-hydrogen) atoms. The topological polar surface area (TPSA) is 250 Å². The minimum Gasteiger partial charge on any atom is -0.494 e. The van der Waals surface area contributed by atoms with Gasteiger partial charge in [0.2, 0.25) is 0 Å². The highest BCUT2D eigenvalue weighted by Crippen LogP contribution is 2.43. The van der Waals surface area contributed by atoms with Crippen LogP contribution in [0.1, 0.15) is 0 Å². The zero-order valence-electron chi connectivity index (χ0n) is 74.4. The van der Waals surface area contributed by atoms with E-state index in [1.165, 1.54) is 55.6 Å². The van der Waals surface area contributed by atoms with Crippen LogP contribution in [0.4, 0.5) is 90.6 Å². The minimum absolute atomic E-state index is 0.00526. The van der Waals surface area contributed by atoms with Gasteiger partial charge in [-0.15, -0.1) is 0 Å². The van der Waals surface area contributed by atoms with E-state index in [1.807, 2.05) is 36.4 Å². The van der Waals surface area contributed by atoms with E-state index >= 15 is 17.6 Å². The van der Waals surface area contributed by atoms with Crippen molar-refractivity contribution in [3.8, 4) is 119 Å². The first-order chi connectivity index (χ1) is 67.9. The Morgan fingerprint density at radius 2 is 0.693 bits per heavy atom. The van der Waals surface area contributed by atoms with E-state index in [-0.39, 0.29) is 101 Å². The fourth-order valence-corrected chi connectivity index (χ4v) is 15.5. The highest BCUT2D eigenvalue weighted by Gasteiger charge is 2.32. The van der Waals surface area contributed by atoms with E-state index in [4.69, 9.17) is 19.4 Å². The minimum atomic E-state index is -1.04. The van der Waals surface area contributed by atoms with Crippen LogP contribution in [0.3, 0.4) is 0 Å². The summed E-state index contributed by atoms with van der Waals surface area (Å²) in [5.74, 6) is -6.19. The molecule has 21 nitrogen and oxygen atoms in total. The molecule has 1 saturated heterocycles. The van der Waals surface area contributed by atoms with Crippen molar-refractivity contribution in [1.29, 1.82) is 0 Å². The number of benzene rings is 11. The number of rotatable bonds is 17. The molecule has 0 aliphatic carbocycles. The van der Waals surface area contributed by atoms with Crippen LogP contribution < -0.4 is 30.9 Å². The Morgan fingerprint density at radius 3 is 1.16 bits per heavy atom. The van der Waals surface area contributed by atoms with Crippen LogP contribution in [0.25, 0.3) is 168 Å². The van der Waals surface area contributed by atoms with Gasteiger partial charge in [-0.05, 0) is 187 Å². The van der Waals surface area contributed by atoms with E-state index < -0.39 is 81.4 Å². The standard InChI is InChI=1S/C25H21F2N3O2.4C20H13F3N4/c1-31-18-13-30(14-18)25-20-10-16(19-12-17(26)8-9-21(19)27)11-22(32-2)23(20)28-24(29-25)15-6-4-3-5-7-15;1-24-20-17-15(26-19(27-20)16-4-2-3-9-25-16)8-6-12(18(17)23)11-5-7-13(21)14(22)10-11;1-24-20-17-15(26-19(27-20)16-4-2-3-9-25-16)8-7-13(18(17)23)12-6-5-11(21)10-14(12)22;1-24-19-14-8-7-13(12-6-5-11(21)10-15(12)22)17(23)18(14)26-20(27-19)16-4-2-3-9-25-16;1-24-20-17-15(26-19(27-20)16-4-2-3-7-25-16)6-5-14(18(17)23)11-8-12(21)10-13(22)9-11/h3-12,18H,13-14H2,1-2H3;4*2-10H,1H3,(H,24,26,27). The molecule has 0 unspecified atom stereocenters. The SMILES string of the molecule is CNc1nc(-c2ccccn2)nc2c(F)c(-c3ccc(F)cc3F)ccc12.CNc1nc(-c2ccccn2)nc2ccc(-c3cc(F)cc(F)c3)c(F)c12.CNc1nc(-c2ccccn2)nc2ccc(-c3ccc(F)c(F)c3)c(F)c12.CNc1nc(-c2ccccn2)nc2ccc(-c3ccc(F)cc3F)c(F)c12.COc1cc(-c2cc(F)ccc2F)cc2c(N3CC(OC)C3)nc(-c3ccccc3)nc12. The van der Waals surface area contributed by atoms with Crippen molar-refractivity contribution in [3.05, 3.63) is 361 Å². The van der Waals surface area contributed by atoms with Gasteiger partial charge < -0.3 is 35.6 Å². The second-order valence-corrected chi connectivity index (χ2v) is 31.0. The summed E-state index contributed by atoms with van der Waals surface area (Å²) in [5.41, 5.74) is 5.80. The first kappa shape index (κ1) is 94.3. The number of ether oxygens (including phenoxy) is 2. The highest BCUT2D eigenvalue weighted by molar-refractivity contribution is 6.01. The van der Waals surface area contributed by atoms with Crippen molar-refractivity contribution >= 4 is 83.6 Å². The Balaban J connectivity index is 0.000000121. The third-order valence-corrected chi connectivity index (χ3v) is 22.3. The fraction of sp³-hybridized carbons (Fsp3) is 0.0857. The van der Waals surface area contributed by atoms with Crippen LogP contribution in [0.15, 0.2) is 280 Å². The Kier molecular flexibility index (Phi) is 27.9. The van der Waals surface area contributed by atoms with Crippen molar-refractivity contribution < 1.29 is 70.9 Å². The molecule has 0 spiro atoms. The maximum absolute atomic E-state index is 15.2. The van der Waals surface area contributed by atoms with Crippen LogP contribution in [0.5, 0.6) is 5.75 Å². The van der Waals surface area contributed by atoms with Gasteiger partial charge >= 0.3 is 0 Å². The van der Waals surface area contributed by atoms with Gasteiger partial charge in [0.1, 0.15) is 133 Å². The van der Waals surface area contributed by atoms with Gasteiger partial charge in [-0.3, -0.25) is 19.9 Å². The second kappa shape index (κ2) is 41.4. The van der Waals surface area contributed by atoms with Crippen molar-refractivity contribution in [2.45, 2.75) is 6.10 Å². The molecule has 11 aromatic carbocycles. The Morgan fingerprint density at radius 1 is 0.279 bits per heavy atom. The third-order valence-electron chi connectivity index (χ3n) is 22.3. The van der Waals surface area contributed by atoms with E-state index in [0.717, 1.165) is 72.3 Å². The molecular formula is C105H73F14N19O2. The van der Waals surface area contributed by atoms with Gasteiger partial charge in [0.25, 0.3) is 0 Å². The van der Waals surface area contributed by atoms with E-state index in [2.05, 4.69) is 86.0 Å². The highest BCUT2D eigenvalue weighted by atomic mass is 19.2. The van der Waals surface area contributed by atoms with Gasteiger partial charge in [-0.2, -0.15) is 0 Å². The molecule has 9 aromatic heterocycles. The van der Waals surface area contributed by atoms with Crippen molar-refractivity contribution in [2.24, 2.45) is 0 Å². The lowest BCUT2D eigenvalue weighted by atomic mass is 10.0. The van der Waals surface area contributed by atoms with Crippen LogP contribution in [0, 0.1) is 81.4 Å². The normalized spacial score (nSPS) is 11.6. The Labute approximate surface area is 788 Å². The molecular weight excluding hydrogens is 1830 g/mol. The summed E-state index contributed by atoms with van der Waals surface area (Å²) in [7, 11) is 9.72. The molecule has 20 aromatic rings. The molecule has 0 saturated carbocycles. The van der Waals surface area contributed by atoms with Gasteiger partial charge in [0.05, 0.1) is 45.9 Å². The summed E-state index contributed by atoms with van der Waals surface area (Å²) in [6, 6.07) is 62.1. The molecule has 1 fully saturated rings. The lowest BCUT2D eigenvalue weighted by Crippen LogP contribution is -2.52. The van der Waals surface area contributed by atoms with Crippen molar-refractivity contribution in [2.75, 3.05) is 81.7 Å². The molecule has 35 heteroatoms. The maximum atomic E-state index is 15.2. The molecule has 10 heterocycles. The number of hydrogen-bond acceptors (Lipinski definition) is 21. The van der Waals surface area contributed by atoms with E-state index in [0.29, 0.717) is 115 Å². The predicted octanol–water partition coefficient (Wildman–Crippen LogP) is 24.4. The summed E-state index contributed by atoms with van der Waals surface area (Å²) >= 11 is 0. The lowest BCUT2D eigenvalue weighted by molar-refractivity contribution is 0.0785. The van der Waals surface area contributed by atoms with Gasteiger partial charge in [-0.1, -0.05) is 66.7 Å². The Hall–Kier alpha value is -17.5. The maximum Gasteiger partial charge on any atom is 0.180 e.